The summed E-state index contributed by atoms with van der Waals surface area (Å²) in [5.74, 6) is 1.83. The van der Waals surface area contributed by atoms with Gasteiger partial charge in [-0.3, -0.25) is 0 Å². The predicted octanol–water partition coefficient (Wildman–Crippen LogP) is 3.17. The molecule has 0 radical (unpaired) electrons. The van der Waals surface area contributed by atoms with E-state index in [-0.39, 0.29) is 0 Å². The summed E-state index contributed by atoms with van der Waals surface area (Å²) >= 11 is 5.18. The van der Waals surface area contributed by atoms with Crippen molar-refractivity contribution in [1.82, 2.24) is 5.32 Å². The highest BCUT2D eigenvalue weighted by Crippen LogP contribution is 2.27. The Labute approximate surface area is 148 Å². The van der Waals surface area contributed by atoms with Crippen LogP contribution in [0.3, 0.4) is 0 Å². The van der Waals surface area contributed by atoms with Gasteiger partial charge < -0.3 is 20.5 Å². The molecule has 0 saturated heterocycles. The lowest BCUT2D eigenvalue weighted by atomic mass is 10.2. The monoisotopic (exact) mass is 397 g/mol. The van der Waals surface area contributed by atoms with Gasteiger partial charge in [-0.05, 0) is 52.2 Å². The van der Waals surface area contributed by atoms with E-state index in [0.29, 0.717) is 24.0 Å². The fraction of sp³-hybridized carbons (Fsp3) is 0.312. The molecule has 0 aliphatic carbocycles. The van der Waals surface area contributed by atoms with Crippen molar-refractivity contribution in [3.8, 4) is 11.5 Å². The second-order valence-corrected chi connectivity index (χ2v) is 7.32. The summed E-state index contributed by atoms with van der Waals surface area (Å²) in [7, 11) is 3.23. The van der Waals surface area contributed by atoms with Crippen molar-refractivity contribution >= 4 is 33.2 Å². The molecule has 3 N–H and O–H groups in total. The zero-order valence-electron chi connectivity index (χ0n) is 13.1. The Hall–Kier alpha value is -1.73. The van der Waals surface area contributed by atoms with Gasteiger partial charge in [-0.1, -0.05) is 6.07 Å². The molecule has 0 unspecified atom stereocenters. The van der Waals surface area contributed by atoms with E-state index in [9.17, 15) is 0 Å². The molecule has 0 fully saturated rings. The van der Waals surface area contributed by atoms with Crippen molar-refractivity contribution in [2.24, 2.45) is 10.7 Å². The average Bonchev–Trinajstić information content (AvgIpc) is 2.98. The molecule has 0 aliphatic rings. The summed E-state index contributed by atoms with van der Waals surface area (Å²) < 4.78 is 11.6. The number of guanidine groups is 1. The van der Waals surface area contributed by atoms with Gasteiger partial charge in [0.1, 0.15) is 0 Å². The Morgan fingerprint density at radius 1 is 1.22 bits per heavy atom. The zero-order valence-corrected chi connectivity index (χ0v) is 15.5. The number of nitrogens with two attached hydrogens (primary N) is 1. The summed E-state index contributed by atoms with van der Waals surface area (Å²) in [6, 6.07) is 9.87. The first kappa shape index (κ1) is 17.6. The highest BCUT2D eigenvalue weighted by atomic mass is 79.9. The third-order valence-corrected chi connectivity index (χ3v) is 4.87. The number of thiophene rings is 1. The van der Waals surface area contributed by atoms with Crippen LogP contribution in [0.4, 0.5) is 0 Å². The molecule has 1 aromatic heterocycles. The number of methoxy groups -OCH3 is 2. The van der Waals surface area contributed by atoms with Gasteiger partial charge in [-0.15, -0.1) is 11.3 Å². The van der Waals surface area contributed by atoms with E-state index >= 15 is 0 Å². The number of rotatable bonds is 7. The average molecular weight is 398 g/mol. The molecule has 124 valence electrons. The Bertz CT molecular complexity index is 673. The predicted molar refractivity (Wildman–Crippen MR) is 98.6 cm³/mol. The SMILES string of the molecule is COc1ccc(CN=C(N)NCCc2ccc(Br)s2)cc1OC. The normalized spacial score (nSPS) is 11.3. The second kappa shape index (κ2) is 8.79. The second-order valence-electron chi connectivity index (χ2n) is 4.77. The Balaban J connectivity index is 1.84. The standard InChI is InChI=1S/C16H20BrN3O2S/c1-21-13-5-3-11(9-14(13)22-2)10-20-16(18)19-8-7-12-4-6-15(17)23-12/h3-6,9H,7-8,10H2,1-2H3,(H3,18,19,20). The van der Waals surface area contributed by atoms with E-state index in [1.165, 1.54) is 4.88 Å². The third kappa shape index (κ3) is 5.44. The molecule has 2 rings (SSSR count). The highest BCUT2D eigenvalue weighted by Gasteiger charge is 2.04. The maximum atomic E-state index is 5.89. The Morgan fingerprint density at radius 3 is 2.65 bits per heavy atom. The summed E-state index contributed by atoms with van der Waals surface area (Å²) in [6.45, 7) is 1.25. The molecule has 0 amide bonds. The molecular weight excluding hydrogens is 378 g/mol. The zero-order chi connectivity index (χ0) is 16.7. The number of hydrogen-bond donors (Lipinski definition) is 2. The molecule has 23 heavy (non-hydrogen) atoms. The van der Waals surface area contributed by atoms with Crippen LogP contribution in [-0.4, -0.2) is 26.7 Å². The highest BCUT2D eigenvalue weighted by molar-refractivity contribution is 9.11. The molecule has 1 aromatic carbocycles. The van der Waals surface area contributed by atoms with Gasteiger partial charge in [-0.25, -0.2) is 4.99 Å². The van der Waals surface area contributed by atoms with Crippen LogP contribution < -0.4 is 20.5 Å². The molecular formula is C16H20BrN3O2S. The van der Waals surface area contributed by atoms with E-state index in [1.54, 1.807) is 25.6 Å². The third-order valence-electron chi connectivity index (χ3n) is 3.19. The van der Waals surface area contributed by atoms with Gasteiger partial charge in [0, 0.05) is 11.4 Å². The van der Waals surface area contributed by atoms with Crippen LogP contribution in [0.25, 0.3) is 0 Å². The molecule has 0 aliphatic heterocycles. The van der Waals surface area contributed by atoms with Crippen LogP contribution in [-0.2, 0) is 13.0 Å². The molecule has 0 saturated carbocycles. The van der Waals surface area contributed by atoms with Gasteiger partial charge >= 0.3 is 0 Å². The van der Waals surface area contributed by atoms with Gasteiger partial charge in [0.25, 0.3) is 0 Å². The molecule has 2 aromatic rings. The maximum absolute atomic E-state index is 5.89. The maximum Gasteiger partial charge on any atom is 0.188 e. The van der Waals surface area contributed by atoms with E-state index in [2.05, 4.69) is 38.4 Å². The molecule has 0 atom stereocenters. The molecule has 0 bridgehead atoms. The fourth-order valence-corrected chi connectivity index (χ4v) is 3.49. The minimum Gasteiger partial charge on any atom is -0.493 e. The van der Waals surface area contributed by atoms with Crippen molar-refractivity contribution < 1.29 is 9.47 Å². The smallest absolute Gasteiger partial charge is 0.188 e. The van der Waals surface area contributed by atoms with Crippen LogP contribution in [0.2, 0.25) is 0 Å². The van der Waals surface area contributed by atoms with Crippen molar-refractivity contribution in [2.45, 2.75) is 13.0 Å². The first-order valence-corrected chi connectivity index (χ1v) is 8.72. The van der Waals surface area contributed by atoms with Crippen LogP contribution in [0, 0.1) is 0 Å². The number of aliphatic imine (C=N–C) groups is 1. The van der Waals surface area contributed by atoms with Gasteiger partial charge in [0.05, 0.1) is 24.6 Å². The van der Waals surface area contributed by atoms with Crippen molar-refractivity contribution in [3.05, 3.63) is 44.6 Å². The molecule has 1 heterocycles. The van der Waals surface area contributed by atoms with E-state index in [0.717, 1.165) is 22.3 Å². The van der Waals surface area contributed by atoms with Crippen LogP contribution in [0.5, 0.6) is 11.5 Å². The minimum absolute atomic E-state index is 0.440. The summed E-state index contributed by atoms with van der Waals surface area (Å²) in [4.78, 5) is 5.65. The molecule has 7 heteroatoms. The topological polar surface area (TPSA) is 68.9 Å². The Morgan fingerprint density at radius 2 is 2.00 bits per heavy atom. The van der Waals surface area contributed by atoms with E-state index in [4.69, 9.17) is 15.2 Å². The summed E-state index contributed by atoms with van der Waals surface area (Å²) in [5, 5.41) is 3.12. The summed E-state index contributed by atoms with van der Waals surface area (Å²) in [6.07, 6.45) is 0.919. The number of nitrogens with one attached hydrogen (secondary N) is 1. The first-order valence-electron chi connectivity index (χ1n) is 7.11. The van der Waals surface area contributed by atoms with Gasteiger partial charge in [-0.2, -0.15) is 0 Å². The Kier molecular flexibility index (Phi) is 6.73. The quantitative estimate of drug-likeness (QED) is 0.555. The number of benzene rings is 1. The van der Waals surface area contributed by atoms with Crippen LogP contribution >= 0.6 is 27.3 Å². The van der Waals surface area contributed by atoms with E-state index in [1.807, 2.05) is 18.2 Å². The number of ether oxygens (including phenoxy) is 2. The lowest BCUT2D eigenvalue weighted by molar-refractivity contribution is 0.354. The molecule has 5 nitrogen and oxygen atoms in total. The molecule has 0 spiro atoms. The number of nitrogens with zero attached hydrogens (tertiary/aromatic N) is 1. The van der Waals surface area contributed by atoms with Crippen molar-refractivity contribution in [2.75, 3.05) is 20.8 Å². The van der Waals surface area contributed by atoms with Crippen LogP contribution in [0.1, 0.15) is 10.4 Å². The lowest BCUT2D eigenvalue weighted by Crippen LogP contribution is -2.33. The minimum atomic E-state index is 0.440. The number of hydrogen-bond acceptors (Lipinski definition) is 4. The van der Waals surface area contributed by atoms with Crippen molar-refractivity contribution in [3.63, 3.8) is 0 Å². The largest absolute Gasteiger partial charge is 0.493 e. The fourth-order valence-electron chi connectivity index (χ4n) is 2.01. The van der Waals surface area contributed by atoms with Crippen molar-refractivity contribution in [1.29, 1.82) is 0 Å². The van der Waals surface area contributed by atoms with E-state index < -0.39 is 0 Å². The number of halogens is 1. The van der Waals surface area contributed by atoms with Gasteiger partial charge in [0.15, 0.2) is 17.5 Å². The van der Waals surface area contributed by atoms with Gasteiger partial charge in [0.2, 0.25) is 0 Å². The first-order chi connectivity index (χ1) is 11.1. The summed E-state index contributed by atoms with van der Waals surface area (Å²) in [5.41, 5.74) is 6.90. The van der Waals surface area contributed by atoms with Crippen LogP contribution in [0.15, 0.2) is 39.1 Å². The lowest BCUT2D eigenvalue weighted by Gasteiger charge is -2.09.